The number of piperidine rings is 1. The monoisotopic (exact) mass is 423 g/mol. The largest absolute Gasteiger partial charge is 0.466 e. The Hall–Kier alpha value is -2.14. The van der Waals surface area contributed by atoms with Crippen molar-refractivity contribution >= 4 is 22.0 Å². The molecule has 1 aliphatic rings. The Balaban J connectivity index is 2.09. The summed E-state index contributed by atoms with van der Waals surface area (Å²) in [5.41, 5.74) is -1.23. The van der Waals surface area contributed by atoms with Crippen molar-refractivity contribution in [3.8, 4) is 0 Å². The smallest absolute Gasteiger partial charge is 0.417 e. The molecule has 0 radical (unpaired) electrons. The van der Waals surface area contributed by atoms with Gasteiger partial charge in [0.15, 0.2) is 6.10 Å². The van der Waals surface area contributed by atoms with E-state index in [1.807, 2.05) is 0 Å². The van der Waals surface area contributed by atoms with E-state index in [-0.39, 0.29) is 25.9 Å². The second-order valence-electron chi connectivity index (χ2n) is 6.27. The predicted molar refractivity (Wildman–Crippen MR) is 90.5 cm³/mol. The number of methoxy groups -OCH3 is 1. The zero-order chi connectivity index (χ0) is 21.1. The lowest BCUT2D eigenvalue weighted by molar-refractivity contribution is -0.168. The maximum Gasteiger partial charge on any atom is 0.417 e. The average Bonchev–Trinajstić information content (AvgIpc) is 2.66. The van der Waals surface area contributed by atoms with Crippen molar-refractivity contribution in [1.82, 2.24) is 4.31 Å². The van der Waals surface area contributed by atoms with Crippen LogP contribution < -0.4 is 0 Å². The maximum absolute atomic E-state index is 13.1. The highest BCUT2D eigenvalue weighted by Gasteiger charge is 2.40. The fourth-order valence-electron chi connectivity index (χ4n) is 2.88. The van der Waals surface area contributed by atoms with Gasteiger partial charge in [-0.25, -0.2) is 13.2 Å². The van der Waals surface area contributed by atoms with Crippen molar-refractivity contribution in [2.75, 3.05) is 20.2 Å². The van der Waals surface area contributed by atoms with E-state index in [9.17, 15) is 31.2 Å². The van der Waals surface area contributed by atoms with Gasteiger partial charge in [0, 0.05) is 13.1 Å². The fraction of sp³-hybridized carbons (Fsp3) is 0.529. The van der Waals surface area contributed by atoms with E-state index in [1.54, 1.807) is 0 Å². The molecule has 7 nitrogen and oxygen atoms in total. The highest BCUT2D eigenvalue weighted by atomic mass is 32.2. The van der Waals surface area contributed by atoms with Crippen molar-refractivity contribution in [3.63, 3.8) is 0 Å². The molecule has 1 unspecified atom stereocenters. The normalized spacial score (nSPS) is 17.8. The molecule has 1 aromatic rings. The molecule has 0 aliphatic carbocycles. The molecular formula is C17H20F3NO6S. The molecule has 0 bridgehead atoms. The summed E-state index contributed by atoms with van der Waals surface area (Å²) in [5.74, 6) is -2.06. The number of nitrogens with zero attached hydrogens (tertiary/aromatic N) is 1. The van der Waals surface area contributed by atoms with Crippen molar-refractivity contribution in [2.45, 2.75) is 36.9 Å². The molecule has 28 heavy (non-hydrogen) atoms. The minimum absolute atomic E-state index is 0.0696. The van der Waals surface area contributed by atoms with Crippen LogP contribution in [0.3, 0.4) is 0 Å². The van der Waals surface area contributed by atoms with Gasteiger partial charge in [-0.2, -0.15) is 17.5 Å². The van der Waals surface area contributed by atoms with E-state index in [0.29, 0.717) is 6.07 Å². The zero-order valence-electron chi connectivity index (χ0n) is 15.2. The van der Waals surface area contributed by atoms with Crippen molar-refractivity contribution in [1.29, 1.82) is 0 Å². The number of rotatable bonds is 5. The highest BCUT2D eigenvalue weighted by molar-refractivity contribution is 7.89. The Morgan fingerprint density at radius 3 is 2.29 bits per heavy atom. The quantitative estimate of drug-likeness (QED) is 0.675. The lowest BCUT2D eigenvalue weighted by Gasteiger charge is -2.31. The van der Waals surface area contributed by atoms with E-state index >= 15 is 0 Å². The molecule has 0 amide bonds. The Bertz CT molecular complexity index is 832. The Kier molecular flexibility index (Phi) is 6.71. The summed E-state index contributed by atoms with van der Waals surface area (Å²) in [6, 6.07) is 3.97. The first-order valence-corrected chi connectivity index (χ1v) is 9.87. The zero-order valence-corrected chi connectivity index (χ0v) is 16.0. The van der Waals surface area contributed by atoms with Gasteiger partial charge < -0.3 is 9.47 Å². The molecule has 156 valence electrons. The lowest BCUT2D eigenvalue weighted by atomic mass is 9.98. The minimum atomic E-state index is -4.81. The third kappa shape index (κ3) is 4.82. The number of ether oxygens (including phenoxy) is 2. The van der Waals surface area contributed by atoms with Gasteiger partial charge in [-0.05, 0) is 31.9 Å². The van der Waals surface area contributed by atoms with Crippen LogP contribution >= 0.6 is 0 Å². The molecule has 1 saturated heterocycles. The first-order valence-electron chi connectivity index (χ1n) is 8.43. The molecule has 11 heteroatoms. The Morgan fingerprint density at radius 2 is 1.75 bits per heavy atom. The van der Waals surface area contributed by atoms with Gasteiger partial charge in [0.1, 0.15) is 0 Å². The first kappa shape index (κ1) is 22.2. The van der Waals surface area contributed by atoms with Crippen LogP contribution in [0.25, 0.3) is 0 Å². The third-order valence-corrected chi connectivity index (χ3v) is 6.38. The lowest BCUT2D eigenvalue weighted by Crippen LogP contribution is -2.42. The molecular weight excluding hydrogens is 403 g/mol. The molecule has 1 heterocycles. The van der Waals surface area contributed by atoms with Crippen LogP contribution in [0.15, 0.2) is 29.2 Å². The number of alkyl halides is 3. The summed E-state index contributed by atoms with van der Waals surface area (Å²) >= 11 is 0. The second-order valence-corrected chi connectivity index (χ2v) is 8.18. The molecule has 2 rings (SSSR count). The summed E-state index contributed by atoms with van der Waals surface area (Å²) in [5, 5.41) is 0. The van der Waals surface area contributed by atoms with Gasteiger partial charge in [-0.3, -0.25) is 4.79 Å². The standard InChI is InChI=1S/C17H20F3NO6S/c1-11(15(22)26-2)27-16(23)12-7-9-21(10-8-12)28(24,25)14-6-4-3-5-13(14)17(18,19)20/h3-6,11-12H,7-10H2,1-2H3. The van der Waals surface area contributed by atoms with Gasteiger partial charge in [0.05, 0.1) is 23.5 Å². The predicted octanol–water partition coefficient (Wildman–Crippen LogP) is 2.21. The molecule has 1 fully saturated rings. The Morgan fingerprint density at radius 1 is 1.18 bits per heavy atom. The van der Waals surface area contributed by atoms with E-state index in [4.69, 9.17) is 4.74 Å². The molecule has 1 aromatic carbocycles. The van der Waals surface area contributed by atoms with Crippen LogP contribution in [0, 0.1) is 5.92 Å². The summed E-state index contributed by atoms with van der Waals surface area (Å²) in [6.07, 6.45) is -5.77. The molecule has 1 atom stereocenters. The SMILES string of the molecule is COC(=O)C(C)OC(=O)C1CCN(S(=O)(=O)c2ccccc2C(F)(F)F)CC1. The van der Waals surface area contributed by atoms with Crippen LogP contribution in [0.2, 0.25) is 0 Å². The Labute approximate surface area is 160 Å². The maximum atomic E-state index is 13.1. The number of sulfonamides is 1. The average molecular weight is 423 g/mol. The van der Waals surface area contributed by atoms with Gasteiger partial charge in [0.25, 0.3) is 0 Å². The van der Waals surface area contributed by atoms with Crippen LogP contribution in [0.4, 0.5) is 13.2 Å². The number of carbonyl (C=O) groups is 2. The number of halogens is 3. The molecule has 0 saturated carbocycles. The van der Waals surface area contributed by atoms with E-state index in [0.717, 1.165) is 23.5 Å². The van der Waals surface area contributed by atoms with E-state index in [2.05, 4.69) is 4.74 Å². The number of hydrogen-bond donors (Lipinski definition) is 0. The molecule has 1 aliphatic heterocycles. The van der Waals surface area contributed by atoms with Crippen molar-refractivity contribution < 1.29 is 40.7 Å². The van der Waals surface area contributed by atoms with Crippen LogP contribution in [-0.4, -0.2) is 51.0 Å². The van der Waals surface area contributed by atoms with Crippen LogP contribution in [0.1, 0.15) is 25.3 Å². The number of hydrogen-bond acceptors (Lipinski definition) is 6. The molecule has 0 spiro atoms. The van der Waals surface area contributed by atoms with Crippen molar-refractivity contribution in [2.24, 2.45) is 5.92 Å². The van der Waals surface area contributed by atoms with Gasteiger partial charge in [0.2, 0.25) is 10.0 Å². The highest BCUT2D eigenvalue weighted by Crippen LogP contribution is 2.36. The number of esters is 2. The first-order chi connectivity index (χ1) is 13.0. The third-order valence-electron chi connectivity index (χ3n) is 4.42. The van der Waals surface area contributed by atoms with Crippen LogP contribution in [0.5, 0.6) is 0 Å². The summed E-state index contributed by atoms with van der Waals surface area (Å²) in [6.45, 7) is 1.07. The summed E-state index contributed by atoms with van der Waals surface area (Å²) in [4.78, 5) is 22.6. The summed E-state index contributed by atoms with van der Waals surface area (Å²) in [7, 11) is -3.23. The topological polar surface area (TPSA) is 90.0 Å². The van der Waals surface area contributed by atoms with Gasteiger partial charge >= 0.3 is 18.1 Å². The fourth-order valence-corrected chi connectivity index (χ4v) is 4.56. The van der Waals surface area contributed by atoms with Gasteiger partial charge in [-0.15, -0.1) is 0 Å². The van der Waals surface area contributed by atoms with E-state index < -0.39 is 50.6 Å². The number of carbonyl (C=O) groups excluding carboxylic acids is 2. The minimum Gasteiger partial charge on any atom is -0.466 e. The van der Waals surface area contributed by atoms with Crippen molar-refractivity contribution in [3.05, 3.63) is 29.8 Å². The van der Waals surface area contributed by atoms with Crippen LogP contribution in [-0.2, 0) is 35.3 Å². The second kappa shape index (κ2) is 8.48. The number of benzene rings is 1. The van der Waals surface area contributed by atoms with Gasteiger partial charge in [-0.1, -0.05) is 12.1 Å². The summed E-state index contributed by atoms with van der Waals surface area (Å²) < 4.78 is 75.2. The molecule has 0 N–H and O–H groups in total. The van der Waals surface area contributed by atoms with E-state index in [1.165, 1.54) is 13.0 Å². The molecule has 0 aromatic heterocycles.